The lowest BCUT2D eigenvalue weighted by atomic mass is 10.3. The third kappa shape index (κ3) is 5.41. The van der Waals surface area contributed by atoms with E-state index in [0.29, 0.717) is 48.4 Å². The van der Waals surface area contributed by atoms with Crippen molar-refractivity contribution in [2.75, 3.05) is 37.0 Å². The Labute approximate surface area is 169 Å². The van der Waals surface area contributed by atoms with Crippen LogP contribution < -0.4 is 25.4 Å². The molecule has 2 amide bonds. The molecule has 2 aromatic rings. The number of nitrogens with two attached hydrogens (primary N) is 1. The first-order chi connectivity index (χ1) is 13.3. The van der Waals surface area contributed by atoms with Gasteiger partial charge >= 0.3 is 6.03 Å². The number of hydrogen-bond acceptors (Lipinski definition) is 7. The Morgan fingerprint density at radius 3 is 2.57 bits per heavy atom. The molecule has 0 aliphatic carbocycles. The molecule has 0 aliphatic heterocycles. The third-order valence-corrected chi connectivity index (χ3v) is 6.94. The van der Waals surface area contributed by atoms with Crippen LogP contribution in [0.25, 0.3) is 0 Å². The van der Waals surface area contributed by atoms with Gasteiger partial charge in [-0.1, -0.05) is 11.3 Å². The zero-order valence-electron chi connectivity index (χ0n) is 16.1. The van der Waals surface area contributed by atoms with Crippen molar-refractivity contribution >= 4 is 38.2 Å². The summed E-state index contributed by atoms with van der Waals surface area (Å²) in [4.78, 5) is 18.5. The molecule has 0 radical (unpaired) electrons. The zero-order chi connectivity index (χ0) is 20.7. The molecule has 0 saturated carbocycles. The van der Waals surface area contributed by atoms with Gasteiger partial charge in [0, 0.05) is 12.2 Å². The molecule has 0 fully saturated rings. The molecule has 0 unspecified atom stereocenters. The molecular weight excluding hydrogens is 402 g/mol. The van der Waals surface area contributed by atoms with Crippen molar-refractivity contribution in [1.82, 2.24) is 9.71 Å². The van der Waals surface area contributed by atoms with Gasteiger partial charge < -0.3 is 15.8 Å². The minimum Gasteiger partial charge on any atom is -0.494 e. The van der Waals surface area contributed by atoms with Crippen molar-refractivity contribution in [3.63, 3.8) is 0 Å². The second-order valence-corrected chi connectivity index (χ2v) is 8.82. The van der Waals surface area contributed by atoms with Crippen molar-refractivity contribution in [2.24, 2.45) is 5.73 Å². The van der Waals surface area contributed by atoms with Gasteiger partial charge in [-0.05, 0) is 58.1 Å². The molecule has 2 rings (SSSR count). The highest BCUT2D eigenvalue weighted by molar-refractivity contribution is 7.91. The smallest absolute Gasteiger partial charge is 0.328 e. The molecule has 4 N–H and O–H groups in total. The number of aromatic nitrogens is 1. The number of amides is 2. The Morgan fingerprint density at radius 2 is 2.00 bits per heavy atom. The van der Waals surface area contributed by atoms with Crippen LogP contribution in [-0.4, -0.2) is 46.2 Å². The van der Waals surface area contributed by atoms with Crippen molar-refractivity contribution in [3.8, 4) is 5.75 Å². The maximum atomic E-state index is 12.8. The molecule has 11 heteroatoms. The average molecular weight is 428 g/mol. The number of rotatable bonds is 9. The second kappa shape index (κ2) is 9.82. The standard InChI is InChI=1S/C17H25N5O4S2/c1-4-26-14-8-6-13(7-9-14)21-16(23)22(11-5-10-18)17-20-12(2)15(27-17)28(24,25)19-3/h6-9,19H,4-5,10-11,18H2,1-3H3,(H,21,23). The number of benzene rings is 1. The number of carbonyl (C=O) groups is 1. The van der Waals surface area contributed by atoms with E-state index in [0.717, 1.165) is 11.3 Å². The highest BCUT2D eigenvalue weighted by atomic mass is 32.2. The lowest BCUT2D eigenvalue weighted by Crippen LogP contribution is -2.36. The summed E-state index contributed by atoms with van der Waals surface area (Å²) in [5.41, 5.74) is 6.50. The molecule has 1 aromatic carbocycles. The van der Waals surface area contributed by atoms with Crippen LogP contribution in [0.2, 0.25) is 0 Å². The molecule has 1 heterocycles. The van der Waals surface area contributed by atoms with E-state index in [2.05, 4.69) is 15.0 Å². The van der Waals surface area contributed by atoms with Crippen LogP contribution in [0.3, 0.4) is 0 Å². The van der Waals surface area contributed by atoms with Gasteiger partial charge in [-0.25, -0.2) is 22.9 Å². The summed E-state index contributed by atoms with van der Waals surface area (Å²) in [6.07, 6.45) is 0.545. The largest absolute Gasteiger partial charge is 0.494 e. The minimum atomic E-state index is -3.65. The van der Waals surface area contributed by atoms with Gasteiger partial charge in [0.15, 0.2) is 9.34 Å². The number of ether oxygens (including phenoxy) is 1. The lowest BCUT2D eigenvalue weighted by Gasteiger charge is -2.20. The number of hydrogen-bond donors (Lipinski definition) is 3. The fraction of sp³-hybridized carbons (Fsp3) is 0.412. The number of anilines is 2. The summed E-state index contributed by atoms with van der Waals surface area (Å²) in [6, 6.07) is 6.56. The highest BCUT2D eigenvalue weighted by Gasteiger charge is 2.25. The fourth-order valence-electron chi connectivity index (χ4n) is 2.35. The lowest BCUT2D eigenvalue weighted by molar-refractivity contribution is 0.257. The molecule has 1 aromatic heterocycles. The Kier molecular flexibility index (Phi) is 7.75. The van der Waals surface area contributed by atoms with E-state index in [4.69, 9.17) is 10.5 Å². The molecule has 9 nitrogen and oxygen atoms in total. The van der Waals surface area contributed by atoms with Crippen molar-refractivity contribution in [3.05, 3.63) is 30.0 Å². The Hall–Kier alpha value is -2.21. The Morgan fingerprint density at radius 1 is 1.32 bits per heavy atom. The fourth-order valence-corrected chi connectivity index (χ4v) is 4.71. The van der Waals surface area contributed by atoms with Gasteiger partial charge in [0.25, 0.3) is 10.0 Å². The summed E-state index contributed by atoms with van der Waals surface area (Å²) in [6.45, 7) is 4.74. The first-order valence-corrected chi connectivity index (χ1v) is 11.0. The topological polar surface area (TPSA) is 127 Å². The van der Waals surface area contributed by atoms with Crippen molar-refractivity contribution < 1.29 is 17.9 Å². The number of aryl methyl sites for hydroxylation is 1. The van der Waals surface area contributed by atoms with E-state index < -0.39 is 16.1 Å². The number of sulfonamides is 1. The normalized spacial score (nSPS) is 11.3. The predicted octanol–water partition coefficient (Wildman–Crippen LogP) is 2.15. The molecule has 0 atom stereocenters. The van der Waals surface area contributed by atoms with Crippen LogP contribution in [0.4, 0.5) is 15.6 Å². The third-order valence-electron chi connectivity index (χ3n) is 3.73. The number of thiazole rings is 1. The number of nitrogens with zero attached hydrogens (tertiary/aromatic N) is 2. The summed E-state index contributed by atoms with van der Waals surface area (Å²) in [7, 11) is -2.32. The number of urea groups is 1. The second-order valence-electron chi connectivity index (χ2n) is 5.76. The summed E-state index contributed by atoms with van der Waals surface area (Å²) in [5, 5.41) is 3.09. The van der Waals surface area contributed by atoms with Crippen LogP contribution in [0, 0.1) is 6.92 Å². The van der Waals surface area contributed by atoms with E-state index in [-0.39, 0.29) is 4.21 Å². The van der Waals surface area contributed by atoms with Crippen LogP contribution >= 0.6 is 11.3 Å². The minimum absolute atomic E-state index is 0.0802. The first kappa shape index (κ1) is 22.1. The average Bonchev–Trinajstić information content (AvgIpc) is 3.06. The molecule has 154 valence electrons. The van der Waals surface area contributed by atoms with Crippen molar-refractivity contribution in [1.29, 1.82) is 0 Å². The van der Waals surface area contributed by atoms with E-state index in [1.165, 1.54) is 11.9 Å². The van der Waals surface area contributed by atoms with Gasteiger partial charge in [0.05, 0.1) is 12.3 Å². The molecule has 28 heavy (non-hydrogen) atoms. The quantitative estimate of drug-likeness (QED) is 0.563. The van der Waals surface area contributed by atoms with Crippen LogP contribution in [0.1, 0.15) is 19.0 Å². The molecular formula is C17H25N5O4S2. The summed E-state index contributed by atoms with van der Waals surface area (Å²) >= 11 is 0.940. The van der Waals surface area contributed by atoms with E-state index in [1.807, 2.05) is 6.92 Å². The maximum absolute atomic E-state index is 12.8. The van der Waals surface area contributed by atoms with Crippen LogP contribution in [-0.2, 0) is 10.0 Å². The number of nitrogens with one attached hydrogen (secondary N) is 2. The van der Waals surface area contributed by atoms with Gasteiger partial charge in [-0.15, -0.1) is 0 Å². The highest BCUT2D eigenvalue weighted by Crippen LogP contribution is 2.30. The monoisotopic (exact) mass is 427 g/mol. The summed E-state index contributed by atoms with van der Waals surface area (Å²) < 4.78 is 32.0. The molecule has 0 bridgehead atoms. The SMILES string of the molecule is CCOc1ccc(NC(=O)N(CCCN)c2nc(C)c(S(=O)(=O)NC)s2)cc1. The van der Waals surface area contributed by atoms with E-state index in [9.17, 15) is 13.2 Å². The first-order valence-electron chi connectivity index (χ1n) is 8.74. The van der Waals surface area contributed by atoms with Crippen LogP contribution in [0.15, 0.2) is 28.5 Å². The van der Waals surface area contributed by atoms with E-state index >= 15 is 0 Å². The van der Waals surface area contributed by atoms with Gasteiger partial charge in [0.1, 0.15) is 5.75 Å². The Bertz CT molecular complexity index is 897. The summed E-state index contributed by atoms with van der Waals surface area (Å²) in [5.74, 6) is 0.706. The molecule has 0 spiro atoms. The van der Waals surface area contributed by atoms with Crippen molar-refractivity contribution in [2.45, 2.75) is 24.5 Å². The Balaban J connectivity index is 2.25. The maximum Gasteiger partial charge on any atom is 0.328 e. The number of carbonyl (C=O) groups excluding carboxylic acids is 1. The predicted molar refractivity (Wildman–Crippen MR) is 111 cm³/mol. The van der Waals surface area contributed by atoms with Gasteiger partial charge in [0.2, 0.25) is 0 Å². The van der Waals surface area contributed by atoms with Gasteiger partial charge in [-0.3, -0.25) is 4.90 Å². The van der Waals surface area contributed by atoms with Crippen LogP contribution in [0.5, 0.6) is 5.75 Å². The molecule has 0 saturated heterocycles. The zero-order valence-corrected chi connectivity index (χ0v) is 17.7. The van der Waals surface area contributed by atoms with Gasteiger partial charge in [-0.2, -0.15) is 0 Å². The van der Waals surface area contributed by atoms with E-state index in [1.54, 1.807) is 31.2 Å². The molecule has 0 aliphatic rings.